The minimum atomic E-state index is -1.37. The maximum absolute atomic E-state index is 12.3. The second-order valence-corrected chi connectivity index (χ2v) is 9.68. The molecule has 2 N–H and O–H groups in total. The van der Waals surface area contributed by atoms with Gasteiger partial charge in [-0.2, -0.15) is 0 Å². The van der Waals surface area contributed by atoms with Crippen molar-refractivity contribution in [2.24, 2.45) is 0 Å². The molecule has 2 fully saturated rings. The molecule has 0 radical (unpaired) electrons. The first-order valence-electron chi connectivity index (χ1n) is 11.0. The topological polar surface area (TPSA) is 108 Å². The third-order valence-electron chi connectivity index (χ3n) is 6.53. The lowest BCUT2D eigenvalue weighted by Gasteiger charge is -2.41. The molecule has 0 saturated carbocycles. The molecule has 2 saturated heterocycles. The fraction of sp³-hybridized carbons (Fsp3) is 0.762. The summed E-state index contributed by atoms with van der Waals surface area (Å²) >= 11 is 0. The van der Waals surface area contributed by atoms with Crippen LogP contribution in [-0.2, 0) is 14.1 Å². The van der Waals surface area contributed by atoms with Gasteiger partial charge in [-0.05, 0) is 54.4 Å². The molecule has 2 atom stereocenters. The zero-order valence-electron chi connectivity index (χ0n) is 19.4. The predicted molar refractivity (Wildman–Crippen MR) is 118 cm³/mol. The molecule has 2 aliphatic heterocycles. The number of hydrogen-bond donors (Lipinski definition) is 2. The monoisotopic (exact) mass is 434 g/mol. The molecule has 3 rings (SSSR count). The molecule has 31 heavy (non-hydrogen) atoms. The highest BCUT2D eigenvalue weighted by Crippen LogP contribution is 2.36. The smallest absolute Gasteiger partial charge is 0.399 e. The predicted octanol–water partition coefficient (Wildman–Crippen LogP) is 0.335. The lowest BCUT2D eigenvalue weighted by molar-refractivity contribution is -0.143. The molecule has 3 heterocycles. The fourth-order valence-corrected chi connectivity index (χ4v) is 4.05. The van der Waals surface area contributed by atoms with Crippen molar-refractivity contribution in [1.29, 1.82) is 0 Å². The molecule has 172 valence electrons. The highest BCUT2D eigenvalue weighted by Gasteiger charge is 2.52. The first kappa shape index (κ1) is 23.9. The summed E-state index contributed by atoms with van der Waals surface area (Å²) in [6.07, 6.45) is 3.80. The van der Waals surface area contributed by atoms with Gasteiger partial charge in [0.1, 0.15) is 0 Å². The third kappa shape index (κ3) is 4.87. The molecule has 1 aromatic heterocycles. The number of anilines is 1. The van der Waals surface area contributed by atoms with E-state index in [0.717, 1.165) is 18.3 Å². The number of rotatable bonds is 6. The summed E-state index contributed by atoms with van der Waals surface area (Å²) in [6, 6.07) is 0.136. The fourth-order valence-electron chi connectivity index (χ4n) is 4.05. The van der Waals surface area contributed by atoms with E-state index in [4.69, 9.17) is 14.4 Å². The van der Waals surface area contributed by atoms with Crippen molar-refractivity contribution in [3.63, 3.8) is 0 Å². The van der Waals surface area contributed by atoms with Crippen LogP contribution in [0.4, 0.5) is 5.95 Å². The van der Waals surface area contributed by atoms with E-state index in [9.17, 15) is 9.90 Å². The van der Waals surface area contributed by atoms with Crippen LogP contribution in [0.25, 0.3) is 0 Å². The number of likely N-dealkylation sites (tertiary alicyclic amines) is 1. The highest BCUT2D eigenvalue weighted by atomic mass is 16.7. The summed E-state index contributed by atoms with van der Waals surface area (Å²) in [6.45, 7) is 12.6. The van der Waals surface area contributed by atoms with Crippen molar-refractivity contribution in [1.82, 2.24) is 14.9 Å². The zero-order valence-corrected chi connectivity index (χ0v) is 19.4. The second-order valence-electron chi connectivity index (χ2n) is 9.68. The molecule has 0 spiro atoms. The van der Waals surface area contributed by atoms with Gasteiger partial charge in [-0.1, -0.05) is 0 Å². The normalized spacial score (nSPS) is 23.8. The van der Waals surface area contributed by atoms with E-state index in [2.05, 4.69) is 28.7 Å². The summed E-state index contributed by atoms with van der Waals surface area (Å²) in [4.78, 5) is 25.3. The summed E-state index contributed by atoms with van der Waals surface area (Å²) in [7, 11) is -0.519. The van der Waals surface area contributed by atoms with Gasteiger partial charge in [0.25, 0.3) is 5.91 Å². The van der Waals surface area contributed by atoms with Crippen molar-refractivity contribution in [3.8, 4) is 0 Å². The first-order chi connectivity index (χ1) is 14.5. The van der Waals surface area contributed by atoms with Gasteiger partial charge in [0.05, 0.1) is 17.8 Å². The zero-order chi connectivity index (χ0) is 23.0. The minimum absolute atomic E-state index is 0.0197. The number of piperidine rings is 1. The van der Waals surface area contributed by atoms with Crippen molar-refractivity contribution in [2.45, 2.75) is 83.8 Å². The Labute approximate surface area is 184 Å². The summed E-state index contributed by atoms with van der Waals surface area (Å²) in [5.74, 6) is 0.144. The van der Waals surface area contributed by atoms with Crippen LogP contribution in [0.1, 0.15) is 54.4 Å². The Morgan fingerprint density at radius 1 is 1.26 bits per heavy atom. The van der Waals surface area contributed by atoms with E-state index in [1.54, 1.807) is 17.3 Å². The van der Waals surface area contributed by atoms with E-state index in [1.807, 2.05) is 27.7 Å². The van der Waals surface area contributed by atoms with Crippen LogP contribution in [0.15, 0.2) is 12.4 Å². The Balaban J connectivity index is 1.76. The number of aromatic nitrogens is 2. The second kappa shape index (κ2) is 9.01. The number of aliphatic hydroxyl groups is 2. The molecule has 9 nitrogen and oxygen atoms in total. The number of aliphatic hydroxyl groups excluding tert-OH is 2. The van der Waals surface area contributed by atoms with Crippen LogP contribution in [0.3, 0.4) is 0 Å². The number of hydrogen-bond acceptors (Lipinski definition) is 8. The van der Waals surface area contributed by atoms with E-state index in [1.165, 1.54) is 0 Å². The molecule has 1 amide bonds. The first-order valence-corrected chi connectivity index (χ1v) is 11.0. The van der Waals surface area contributed by atoms with Gasteiger partial charge < -0.3 is 29.3 Å². The van der Waals surface area contributed by atoms with Gasteiger partial charge in [0.15, 0.2) is 6.10 Å². The van der Waals surface area contributed by atoms with Gasteiger partial charge in [0.2, 0.25) is 5.95 Å². The van der Waals surface area contributed by atoms with Crippen LogP contribution in [0.5, 0.6) is 0 Å². The number of carbonyl (C=O) groups is 1. The molecular weight excluding hydrogens is 399 g/mol. The maximum atomic E-state index is 12.3. The minimum Gasteiger partial charge on any atom is -0.399 e. The average Bonchev–Trinajstić information content (AvgIpc) is 2.94. The van der Waals surface area contributed by atoms with Crippen molar-refractivity contribution in [2.75, 3.05) is 24.6 Å². The Morgan fingerprint density at radius 3 is 2.35 bits per heavy atom. The average molecular weight is 434 g/mol. The quantitative estimate of drug-likeness (QED) is 0.617. The van der Waals surface area contributed by atoms with Gasteiger partial charge in [-0.15, -0.1) is 0 Å². The van der Waals surface area contributed by atoms with Crippen LogP contribution >= 0.6 is 0 Å². The highest BCUT2D eigenvalue weighted by molar-refractivity contribution is 6.61. The maximum Gasteiger partial charge on any atom is 0.498 e. The van der Waals surface area contributed by atoms with E-state index >= 15 is 0 Å². The molecule has 2 unspecified atom stereocenters. The standard InChI is InChI=1S/C21H35BN4O5/c1-14(2)26(16-8-7-9-25(12-16)18(29)17(28)13-27)19-23-10-15(11-24-19)22-30-20(3,4)21(5,6)31-22/h10-11,14,16-17,27-28H,7-9,12-13H2,1-6H3. The Kier molecular flexibility index (Phi) is 6.95. The number of carbonyl (C=O) groups excluding carboxylic acids is 1. The number of nitrogens with zero attached hydrogens (tertiary/aromatic N) is 4. The summed E-state index contributed by atoms with van der Waals surface area (Å²) < 4.78 is 12.2. The largest absolute Gasteiger partial charge is 0.498 e. The number of amides is 1. The molecule has 0 aromatic carbocycles. The molecule has 10 heteroatoms. The Morgan fingerprint density at radius 2 is 1.84 bits per heavy atom. The van der Waals surface area contributed by atoms with Crippen LogP contribution in [0, 0.1) is 0 Å². The van der Waals surface area contributed by atoms with Crippen molar-refractivity contribution in [3.05, 3.63) is 12.4 Å². The van der Waals surface area contributed by atoms with Crippen LogP contribution in [0.2, 0.25) is 0 Å². The van der Waals surface area contributed by atoms with Crippen molar-refractivity contribution >= 4 is 24.4 Å². The SMILES string of the molecule is CC(C)N(c1ncc(B2OC(C)(C)C(C)(C)O2)cn1)C1CCCN(C(=O)C(O)CO)C1. The Hall–Kier alpha value is -1.75. The third-order valence-corrected chi connectivity index (χ3v) is 6.53. The van der Waals surface area contributed by atoms with Crippen LogP contribution in [-0.4, -0.2) is 87.2 Å². The lowest BCUT2D eigenvalue weighted by atomic mass is 9.81. The summed E-state index contributed by atoms with van der Waals surface area (Å²) in [5, 5.41) is 18.8. The molecule has 1 aromatic rings. The van der Waals surface area contributed by atoms with Gasteiger partial charge in [-0.25, -0.2) is 9.97 Å². The lowest BCUT2D eigenvalue weighted by Crippen LogP contribution is -2.54. The van der Waals surface area contributed by atoms with Gasteiger partial charge in [-0.3, -0.25) is 4.79 Å². The van der Waals surface area contributed by atoms with E-state index in [-0.39, 0.29) is 12.1 Å². The Bertz CT molecular complexity index is 758. The molecular formula is C21H35BN4O5. The van der Waals surface area contributed by atoms with Gasteiger partial charge >= 0.3 is 7.12 Å². The van der Waals surface area contributed by atoms with Crippen molar-refractivity contribution < 1.29 is 24.3 Å². The van der Waals surface area contributed by atoms with Gasteiger partial charge in [0, 0.05) is 43.0 Å². The molecule has 0 aliphatic carbocycles. The molecule has 2 aliphatic rings. The van der Waals surface area contributed by atoms with E-state index in [0.29, 0.717) is 19.0 Å². The van der Waals surface area contributed by atoms with Crippen LogP contribution < -0.4 is 10.4 Å². The van der Waals surface area contributed by atoms with E-state index < -0.39 is 36.9 Å². The summed E-state index contributed by atoms with van der Waals surface area (Å²) in [5.41, 5.74) is -0.104. The molecule has 0 bridgehead atoms.